The van der Waals surface area contributed by atoms with Crippen molar-refractivity contribution in [2.75, 3.05) is 5.32 Å². The number of H-pyrrole nitrogens is 1. The van der Waals surface area contributed by atoms with Crippen LogP contribution in [0.25, 0.3) is 32.8 Å². The molecule has 2 N–H and O–H groups in total. The summed E-state index contributed by atoms with van der Waals surface area (Å²) in [6.07, 6.45) is 3.25. The predicted molar refractivity (Wildman–Crippen MR) is 126 cm³/mol. The van der Waals surface area contributed by atoms with Gasteiger partial charge in [-0.25, -0.2) is 29.4 Å². The number of nitrogens with one attached hydrogen (secondary N) is 2. The fourth-order valence-electron chi connectivity index (χ4n) is 3.47. The first-order valence-corrected chi connectivity index (χ1v) is 11.4. The zero-order valence-corrected chi connectivity index (χ0v) is 19.3. The second-order valence-corrected chi connectivity index (χ2v) is 8.76. The van der Waals surface area contributed by atoms with Crippen LogP contribution in [0.15, 0.2) is 42.4 Å². The van der Waals surface area contributed by atoms with Gasteiger partial charge in [0.05, 0.1) is 34.0 Å². The monoisotopic (exact) mass is 476 g/mol. The van der Waals surface area contributed by atoms with Gasteiger partial charge >= 0.3 is 5.97 Å². The van der Waals surface area contributed by atoms with E-state index in [0.29, 0.717) is 27.9 Å². The molecule has 0 unspecified atom stereocenters. The van der Waals surface area contributed by atoms with Gasteiger partial charge in [0, 0.05) is 6.04 Å². The maximum Gasteiger partial charge on any atom is 0.339 e. The van der Waals surface area contributed by atoms with Gasteiger partial charge in [-0.05, 0) is 38.3 Å². The first-order valence-electron chi connectivity index (χ1n) is 10.5. The lowest BCUT2D eigenvalue weighted by molar-refractivity contribution is -0.123. The zero-order valence-electron chi connectivity index (χ0n) is 18.5. The molecule has 5 heterocycles. The number of imidazole rings is 1. The van der Waals surface area contributed by atoms with E-state index in [-0.39, 0.29) is 17.4 Å². The Balaban J connectivity index is 1.43. The van der Waals surface area contributed by atoms with Crippen molar-refractivity contribution in [1.29, 1.82) is 0 Å². The molecule has 0 radical (unpaired) electrons. The molecule has 1 amide bonds. The van der Waals surface area contributed by atoms with E-state index in [1.807, 2.05) is 31.4 Å². The minimum Gasteiger partial charge on any atom is -0.449 e. The number of hydrogen-bond acceptors (Lipinski definition) is 9. The quantitative estimate of drug-likeness (QED) is 0.354. The van der Waals surface area contributed by atoms with Crippen molar-refractivity contribution in [2.45, 2.75) is 32.9 Å². The molecule has 34 heavy (non-hydrogen) atoms. The molecule has 0 bridgehead atoms. The van der Waals surface area contributed by atoms with E-state index in [1.54, 1.807) is 16.9 Å². The molecule has 12 heteroatoms. The number of carbonyl (C=O) groups excluding carboxylic acids is 2. The Labute approximate surface area is 197 Å². The third-order valence-electron chi connectivity index (χ3n) is 5.17. The van der Waals surface area contributed by atoms with Crippen molar-refractivity contribution in [3.05, 3.63) is 48.0 Å². The molecule has 1 atom stereocenters. The number of hydrogen-bond donors (Lipinski definition) is 2. The number of pyridine rings is 1. The molecule has 0 aliphatic carbocycles. The predicted octanol–water partition coefficient (Wildman–Crippen LogP) is 3.59. The van der Waals surface area contributed by atoms with Crippen molar-refractivity contribution in [3.63, 3.8) is 0 Å². The number of amides is 1. The van der Waals surface area contributed by atoms with Crippen LogP contribution in [0.4, 0.5) is 5.82 Å². The van der Waals surface area contributed by atoms with Gasteiger partial charge in [-0.2, -0.15) is 5.10 Å². The highest BCUT2D eigenvalue weighted by atomic mass is 32.1. The Kier molecular flexibility index (Phi) is 5.49. The summed E-state index contributed by atoms with van der Waals surface area (Å²) in [5.74, 6) is -0.935. The van der Waals surface area contributed by atoms with Gasteiger partial charge in [-0.3, -0.25) is 4.79 Å². The number of thiophene rings is 1. The minimum absolute atomic E-state index is 0.0457. The van der Waals surface area contributed by atoms with Gasteiger partial charge in [0.1, 0.15) is 11.8 Å². The molecule has 0 aliphatic heterocycles. The topological polar surface area (TPSA) is 141 Å². The van der Waals surface area contributed by atoms with Crippen LogP contribution in [0.2, 0.25) is 0 Å². The largest absolute Gasteiger partial charge is 0.449 e. The van der Waals surface area contributed by atoms with Crippen LogP contribution in [0.1, 0.15) is 37.2 Å². The van der Waals surface area contributed by atoms with Crippen molar-refractivity contribution in [3.8, 4) is 10.6 Å². The highest BCUT2D eigenvalue weighted by Gasteiger charge is 2.24. The summed E-state index contributed by atoms with van der Waals surface area (Å²) in [5.41, 5.74) is 2.39. The molecule has 5 aromatic rings. The fraction of sp³-hybridized carbons (Fsp3) is 0.227. The lowest BCUT2D eigenvalue weighted by atomic mass is 10.1. The second-order valence-electron chi connectivity index (χ2n) is 7.81. The van der Waals surface area contributed by atoms with Crippen LogP contribution < -0.4 is 5.32 Å². The number of fused-ring (bicyclic) bond motifs is 2. The summed E-state index contributed by atoms with van der Waals surface area (Å²) >= 11 is 1.51. The van der Waals surface area contributed by atoms with E-state index in [4.69, 9.17) is 9.72 Å². The summed E-state index contributed by atoms with van der Waals surface area (Å²) < 4.78 is 7.29. The van der Waals surface area contributed by atoms with Gasteiger partial charge in [-0.1, -0.05) is 6.07 Å². The standard InChI is InChI=1S/C22H20N8O3S/c1-11(2)30-20-14(8-27-30)13(7-15(28-20)16-5-4-6-34-16)22(32)33-12(3)21(31)29-19-17-18(24-9-23-17)25-10-26-19/h4-12H,1-3H3,(H2,23,24,25,26,29,31)/t12-/m1/s1. The van der Waals surface area contributed by atoms with Gasteiger partial charge < -0.3 is 15.0 Å². The Bertz CT molecular complexity index is 1510. The number of nitrogens with zero attached hydrogens (tertiary/aromatic N) is 6. The van der Waals surface area contributed by atoms with Crippen LogP contribution in [-0.2, 0) is 9.53 Å². The van der Waals surface area contributed by atoms with Crippen LogP contribution in [0.5, 0.6) is 0 Å². The van der Waals surface area contributed by atoms with Gasteiger partial charge in [0.2, 0.25) is 0 Å². The highest BCUT2D eigenvalue weighted by molar-refractivity contribution is 7.13. The molecule has 0 saturated heterocycles. The summed E-state index contributed by atoms with van der Waals surface area (Å²) in [6, 6.07) is 5.56. The Hall–Kier alpha value is -4.19. The van der Waals surface area contributed by atoms with Crippen molar-refractivity contribution < 1.29 is 14.3 Å². The molecular formula is C22H20N8O3S. The molecule has 0 fully saturated rings. The number of carbonyl (C=O) groups is 2. The minimum atomic E-state index is -1.09. The normalized spacial score (nSPS) is 12.4. The number of aromatic nitrogens is 7. The van der Waals surface area contributed by atoms with E-state index in [1.165, 1.54) is 30.9 Å². The zero-order chi connectivity index (χ0) is 23.8. The van der Waals surface area contributed by atoms with E-state index in [0.717, 1.165) is 4.88 Å². The fourth-order valence-corrected chi connectivity index (χ4v) is 4.16. The lowest BCUT2D eigenvalue weighted by Crippen LogP contribution is -2.30. The third kappa shape index (κ3) is 3.88. The van der Waals surface area contributed by atoms with Crippen molar-refractivity contribution in [2.24, 2.45) is 0 Å². The Morgan fingerprint density at radius 3 is 2.82 bits per heavy atom. The van der Waals surface area contributed by atoms with E-state index >= 15 is 0 Å². The van der Waals surface area contributed by atoms with Crippen molar-refractivity contribution >= 4 is 51.2 Å². The molecule has 0 aliphatic rings. The first-order chi connectivity index (χ1) is 16.4. The maximum absolute atomic E-state index is 13.2. The average Bonchev–Trinajstić information content (AvgIpc) is 3.58. The molecule has 0 saturated carbocycles. The Morgan fingerprint density at radius 2 is 2.06 bits per heavy atom. The van der Waals surface area contributed by atoms with Gasteiger partial charge in [0.15, 0.2) is 23.2 Å². The molecule has 172 valence electrons. The van der Waals surface area contributed by atoms with E-state index < -0.39 is 18.0 Å². The maximum atomic E-state index is 13.2. The number of esters is 1. The van der Waals surface area contributed by atoms with E-state index in [2.05, 4.69) is 30.4 Å². The number of ether oxygens (including phenoxy) is 1. The molecule has 5 rings (SSSR count). The lowest BCUT2D eigenvalue weighted by Gasteiger charge is -2.14. The van der Waals surface area contributed by atoms with E-state index in [9.17, 15) is 9.59 Å². The third-order valence-corrected chi connectivity index (χ3v) is 6.06. The summed E-state index contributed by atoms with van der Waals surface area (Å²) in [6.45, 7) is 5.47. The van der Waals surface area contributed by atoms with Gasteiger partial charge in [-0.15, -0.1) is 11.3 Å². The molecule has 11 nitrogen and oxygen atoms in total. The highest BCUT2D eigenvalue weighted by Crippen LogP contribution is 2.29. The smallest absolute Gasteiger partial charge is 0.339 e. The number of anilines is 1. The molecule has 5 aromatic heterocycles. The number of aromatic amines is 1. The average molecular weight is 477 g/mol. The van der Waals surface area contributed by atoms with Crippen LogP contribution in [0.3, 0.4) is 0 Å². The number of rotatable bonds is 6. The summed E-state index contributed by atoms with van der Waals surface area (Å²) in [5, 5.41) is 9.55. The van der Waals surface area contributed by atoms with Gasteiger partial charge in [0.25, 0.3) is 5.91 Å². The summed E-state index contributed by atoms with van der Waals surface area (Å²) in [4.78, 5) is 46.6. The van der Waals surface area contributed by atoms with Crippen LogP contribution in [0, 0.1) is 0 Å². The van der Waals surface area contributed by atoms with Crippen molar-refractivity contribution in [1.82, 2.24) is 34.7 Å². The van der Waals surface area contributed by atoms with Crippen LogP contribution in [-0.4, -0.2) is 52.7 Å². The second kappa shape index (κ2) is 8.63. The molecule has 0 spiro atoms. The molecular weight excluding hydrogens is 456 g/mol. The SMILES string of the molecule is CC(C)n1ncc2c(C(=O)O[C@H](C)C(=O)Nc3ncnc4nc[nH]c34)cc(-c3cccs3)nc21. The Morgan fingerprint density at radius 1 is 1.21 bits per heavy atom. The van der Waals surface area contributed by atoms with Crippen LogP contribution >= 0.6 is 11.3 Å². The molecule has 0 aromatic carbocycles. The first kappa shape index (κ1) is 21.6. The summed E-state index contributed by atoms with van der Waals surface area (Å²) in [7, 11) is 0.